The number of benzene rings is 1. The van der Waals surface area contributed by atoms with Crippen LogP contribution in [0, 0.1) is 11.8 Å². The van der Waals surface area contributed by atoms with E-state index in [1.807, 2.05) is 0 Å². The zero-order valence-electron chi connectivity index (χ0n) is 13.3. The molecule has 112 valence electrons. The maximum atomic E-state index is 6.07. The summed E-state index contributed by atoms with van der Waals surface area (Å²) >= 11 is 0. The fourth-order valence-electron chi connectivity index (χ4n) is 3.46. The van der Waals surface area contributed by atoms with Crippen LogP contribution in [-0.2, 0) is 0 Å². The lowest BCUT2D eigenvalue weighted by molar-refractivity contribution is 0.0984. The first-order valence-corrected chi connectivity index (χ1v) is 7.72. The highest BCUT2D eigenvalue weighted by Gasteiger charge is 2.27. The minimum Gasteiger partial charge on any atom is -0.378 e. The normalized spacial score (nSPS) is 25.4. The molecule has 3 heteroatoms. The van der Waals surface area contributed by atoms with Crippen molar-refractivity contribution in [2.24, 2.45) is 17.6 Å². The van der Waals surface area contributed by atoms with Gasteiger partial charge >= 0.3 is 0 Å². The molecule has 20 heavy (non-hydrogen) atoms. The molecule has 0 aromatic heterocycles. The molecule has 3 unspecified atom stereocenters. The summed E-state index contributed by atoms with van der Waals surface area (Å²) in [4.78, 5) is 4.70. The van der Waals surface area contributed by atoms with Crippen LogP contribution in [-0.4, -0.2) is 38.6 Å². The van der Waals surface area contributed by atoms with Gasteiger partial charge in [0.1, 0.15) is 0 Å². The van der Waals surface area contributed by atoms with Gasteiger partial charge in [-0.15, -0.1) is 0 Å². The number of hydrogen-bond acceptors (Lipinski definition) is 3. The van der Waals surface area contributed by atoms with Crippen molar-refractivity contribution in [1.29, 1.82) is 0 Å². The highest BCUT2D eigenvalue weighted by atomic mass is 15.2. The van der Waals surface area contributed by atoms with Crippen LogP contribution in [0.4, 0.5) is 5.69 Å². The Balaban J connectivity index is 2.14. The molecule has 0 bridgehead atoms. The summed E-state index contributed by atoms with van der Waals surface area (Å²) in [6, 6.07) is 9.20. The monoisotopic (exact) mass is 275 g/mol. The molecule has 0 amide bonds. The highest BCUT2D eigenvalue weighted by Crippen LogP contribution is 2.29. The molecule has 0 radical (unpaired) electrons. The Morgan fingerprint density at radius 3 is 2.15 bits per heavy atom. The van der Waals surface area contributed by atoms with Gasteiger partial charge in [0.05, 0.1) is 0 Å². The van der Waals surface area contributed by atoms with Gasteiger partial charge in [0.2, 0.25) is 0 Å². The van der Waals surface area contributed by atoms with E-state index in [2.05, 4.69) is 62.0 Å². The van der Waals surface area contributed by atoms with Crippen LogP contribution in [0.1, 0.15) is 31.9 Å². The van der Waals surface area contributed by atoms with Gasteiger partial charge in [-0.05, 0) is 36.0 Å². The quantitative estimate of drug-likeness (QED) is 0.917. The Morgan fingerprint density at radius 2 is 1.70 bits per heavy atom. The van der Waals surface area contributed by atoms with E-state index >= 15 is 0 Å². The lowest BCUT2D eigenvalue weighted by atomic mass is 9.89. The lowest BCUT2D eigenvalue weighted by Crippen LogP contribution is -2.43. The number of nitrogens with zero attached hydrogens (tertiary/aromatic N) is 2. The summed E-state index contributed by atoms with van der Waals surface area (Å²) in [5.74, 6) is 1.54. The van der Waals surface area contributed by atoms with Gasteiger partial charge in [-0.1, -0.05) is 26.0 Å². The largest absolute Gasteiger partial charge is 0.378 e. The summed E-state index contributed by atoms with van der Waals surface area (Å²) in [7, 11) is 4.15. The maximum absolute atomic E-state index is 6.07. The van der Waals surface area contributed by atoms with Crippen LogP contribution in [0.25, 0.3) is 0 Å². The second kappa shape index (κ2) is 6.59. The number of rotatable bonds is 4. The molecule has 2 N–H and O–H groups in total. The number of nitrogens with two attached hydrogens (primary N) is 1. The molecule has 1 fully saturated rings. The molecule has 3 nitrogen and oxygen atoms in total. The zero-order chi connectivity index (χ0) is 14.7. The van der Waals surface area contributed by atoms with Crippen molar-refractivity contribution in [2.45, 2.75) is 26.3 Å². The average Bonchev–Trinajstić information content (AvgIpc) is 2.39. The molecule has 0 saturated carbocycles. The Kier molecular flexibility index (Phi) is 5.06. The predicted molar refractivity (Wildman–Crippen MR) is 87.1 cm³/mol. The molecule has 2 rings (SSSR count). The van der Waals surface area contributed by atoms with E-state index in [0.29, 0.717) is 12.6 Å². The Bertz CT molecular complexity index is 403. The number of likely N-dealkylation sites (tertiary alicyclic amines) is 1. The third kappa shape index (κ3) is 3.53. The van der Waals surface area contributed by atoms with Crippen molar-refractivity contribution >= 4 is 5.69 Å². The number of piperidine rings is 1. The van der Waals surface area contributed by atoms with Gasteiger partial charge in [0.25, 0.3) is 0 Å². The molecule has 0 aliphatic carbocycles. The van der Waals surface area contributed by atoms with E-state index in [4.69, 9.17) is 5.73 Å². The van der Waals surface area contributed by atoms with Gasteiger partial charge < -0.3 is 10.6 Å². The van der Waals surface area contributed by atoms with E-state index in [1.54, 1.807) is 0 Å². The topological polar surface area (TPSA) is 32.5 Å². The van der Waals surface area contributed by atoms with Crippen molar-refractivity contribution in [3.8, 4) is 0 Å². The first-order chi connectivity index (χ1) is 9.51. The summed E-state index contributed by atoms with van der Waals surface area (Å²) in [6.45, 7) is 7.74. The molecule has 1 heterocycles. The fraction of sp³-hybridized carbons (Fsp3) is 0.647. The highest BCUT2D eigenvalue weighted by molar-refractivity contribution is 5.46. The number of hydrogen-bond donors (Lipinski definition) is 1. The van der Waals surface area contributed by atoms with Gasteiger partial charge in [0, 0.05) is 45.5 Å². The second-order valence-corrected chi connectivity index (χ2v) is 6.64. The van der Waals surface area contributed by atoms with E-state index in [1.165, 1.54) is 30.8 Å². The molecule has 1 saturated heterocycles. The van der Waals surface area contributed by atoms with Crippen molar-refractivity contribution in [2.75, 3.05) is 38.6 Å². The predicted octanol–water partition coefficient (Wildman–Crippen LogP) is 2.73. The SMILES string of the molecule is CC1CC(C)CN(C(CN)c2ccc(N(C)C)cc2)C1. The average molecular weight is 275 g/mol. The fourth-order valence-corrected chi connectivity index (χ4v) is 3.46. The smallest absolute Gasteiger partial charge is 0.0470 e. The Hall–Kier alpha value is -1.06. The Morgan fingerprint density at radius 1 is 1.15 bits per heavy atom. The maximum Gasteiger partial charge on any atom is 0.0470 e. The minimum absolute atomic E-state index is 0.358. The lowest BCUT2D eigenvalue weighted by Gasteiger charge is -2.40. The van der Waals surface area contributed by atoms with E-state index in [9.17, 15) is 0 Å². The second-order valence-electron chi connectivity index (χ2n) is 6.64. The van der Waals surface area contributed by atoms with Crippen molar-refractivity contribution in [1.82, 2.24) is 4.90 Å². The van der Waals surface area contributed by atoms with Crippen molar-refractivity contribution in [3.05, 3.63) is 29.8 Å². The Labute approximate surface area is 123 Å². The van der Waals surface area contributed by atoms with Crippen LogP contribution < -0.4 is 10.6 Å². The van der Waals surface area contributed by atoms with Crippen LogP contribution in [0.5, 0.6) is 0 Å². The van der Waals surface area contributed by atoms with E-state index in [-0.39, 0.29) is 0 Å². The summed E-state index contributed by atoms with van der Waals surface area (Å²) in [6.07, 6.45) is 1.34. The molecule has 1 aliphatic heterocycles. The first kappa shape index (κ1) is 15.3. The van der Waals surface area contributed by atoms with Gasteiger partial charge in [0.15, 0.2) is 0 Å². The standard InChI is InChI=1S/C17H29N3/c1-13-9-14(2)12-20(11-13)17(10-18)15-5-7-16(8-6-15)19(3)4/h5-8,13-14,17H,9-12,18H2,1-4H3. The van der Waals surface area contributed by atoms with Crippen LogP contribution in [0.15, 0.2) is 24.3 Å². The van der Waals surface area contributed by atoms with E-state index < -0.39 is 0 Å². The summed E-state index contributed by atoms with van der Waals surface area (Å²) < 4.78 is 0. The first-order valence-electron chi connectivity index (χ1n) is 7.72. The van der Waals surface area contributed by atoms with Crippen LogP contribution >= 0.6 is 0 Å². The molecular weight excluding hydrogens is 246 g/mol. The summed E-state index contributed by atoms with van der Waals surface area (Å²) in [5.41, 5.74) is 8.66. The van der Waals surface area contributed by atoms with Crippen LogP contribution in [0.2, 0.25) is 0 Å². The van der Waals surface area contributed by atoms with Crippen LogP contribution in [0.3, 0.4) is 0 Å². The van der Waals surface area contributed by atoms with Gasteiger partial charge in [-0.25, -0.2) is 0 Å². The van der Waals surface area contributed by atoms with E-state index in [0.717, 1.165) is 11.8 Å². The van der Waals surface area contributed by atoms with Gasteiger partial charge in [-0.2, -0.15) is 0 Å². The van der Waals surface area contributed by atoms with Crippen molar-refractivity contribution < 1.29 is 0 Å². The number of anilines is 1. The molecule has 1 aromatic rings. The molecular formula is C17H29N3. The molecule has 1 aliphatic rings. The zero-order valence-corrected chi connectivity index (χ0v) is 13.3. The third-order valence-corrected chi connectivity index (χ3v) is 4.36. The van der Waals surface area contributed by atoms with Gasteiger partial charge in [-0.3, -0.25) is 4.90 Å². The summed E-state index contributed by atoms with van der Waals surface area (Å²) in [5, 5.41) is 0. The van der Waals surface area contributed by atoms with Crippen molar-refractivity contribution in [3.63, 3.8) is 0 Å². The minimum atomic E-state index is 0.358. The molecule has 1 aromatic carbocycles. The third-order valence-electron chi connectivity index (χ3n) is 4.36. The molecule has 0 spiro atoms. The molecule has 3 atom stereocenters.